The van der Waals surface area contributed by atoms with Crippen molar-refractivity contribution in [2.45, 2.75) is 130 Å². The van der Waals surface area contributed by atoms with Crippen LogP contribution < -0.4 is 0 Å². The molecule has 3 nitrogen and oxygen atoms in total. The molecule has 2 atom stereocenters. The van der Waals surface area contributed by atoms with Crippen molar-refractivity contribution in [1.29, 1.82) is 0 Å². The van der Waals surface area contributed by atoms with Crippen LogP contribution in [0.1, 0.15) is 88.0 Å². The number of hydrogen-bond donors (Lipinski definition) is 1. The van der Waals surface area contributed by atoms with Crippen LogP contribution in [-0.4, -0.2) is 41.1 Å². The van der Waals surface area contributed by atoms with E-state index in [9.17, 15) is 5.11 Å². The van der Waals surface area contributed by atoms with Gasteiger partial charge in [0.1, 0.15) is 6.61 Å². The number of hydrogen-bond acceptors (Lipinski definition) is 3. The van der Waals surface area contributed by atoms with Gasteiger partial charge in [-0.2, -0.15) is 0 Å². The first-order chi connectivity index (χ1) is 15.8. The Bertz CT molecular complexity index is 864. The van der Waals surface area contributed by atoms with Crippen LogP contribution in [0, 0.1) is 35.0 Å². The fraction of sp³-hybridized carbons (Fsp3) is 0.800. The summed E-state index contributed by atoms with van der Waals surface area (Å²) in [6.07, 6.45) is 3.80. The maximum atomic E-state index is 9.59. The lowest BCUT2D eigenvalue weighted by Crippen LogP contribution is -2.48. The van der Waals surface area contributed by atoms with Gasteiger partial charge in [0.25, 0.3) is 0 Å². The van der Waals surface area contributed by atoms with Gasteiger partial charge >= 0.3 is 0 Å². The van der Waals surface area contributed by atoms with E-state index in [1.54, 1.807) is 0 Å². The summed E-state index contributed by atoms with van der Waals surface area (Å²) in [6, 6.07) is 0. The number of rotatable bonds is 7. The van der Waals surface area contributed by atoms with Crippen LogP contribution in [0.2, 0.25) is 36.3 Å². The normalized spacial score (nSPS) is 22.0. The Morgan fingerprint density at radius 1 is 1.00 bits per heavy atom. The average molecular weight is 519 g/mol. The average Bonchev–Trinajstić information content (AvgIpc) is 2.68. The Kier molecular flexibility index (Phi) is 11.2. The molecule has 0 aromatic heterocycles. The molecule has 0 amide bonds. The number of aliphatic hydroxyl groups excluding tert-OH is 1. The van der Waals surface area contributed by atoms with Gasteiger partial charge in [0.15, 0.2) is 16.6 Å². The SMILES string of the molecule is CC(C)C#CCC[C@]1(C)CC[C@H](O[Si](C)(C)C(C)(C)C)C(CO[Si](C)(C)C(C)(C)C)=C1C#CCO. The monoisotopic (exact) mass is 518 g/mol. The van der Waals surface area contributed by atoms with E-state index in [0.29, 0.717) is 12.5 Å². The summed E-state index contributed by atoms with van der Waals surface area (Å²) in [5.74, 6) is 13.4. The molecule has 5 heteroatoms. The van der Waals surface area contributed by atoms with Gasteiger partial charge in [0.2, 0.25) is 0 Å². The molecular formula is C30H54O3Si2. The third-order valence-corrected chi connectivity index (χ3v) is 17.4. The van der Waals surface area contributed by atoms with Crippen molar-refractivity contribution in [2.75, 3.05) is 13.2 Å². The second-order valence-electron chi connectivity index (χ2n) is 13.9. The molecule has 1 aliphatic carbocycles. The lowest BCUT2D eigenvalue weighted by molar-refractivity contribution is 0.143. The lowest BCUT2D eigenvalue weighted by atomic mass is 9.68. The quantitative estimate of drug-likeness (QED) is 0.275. The summed E-state index contributed by atoms with van der Waals surface area (Å²) < 4.78 is 13.8. The van der Waals surface area contributed by atoms with Crippen molar-refractivity contribution < 1.29 is 14.0 Å². The molecule has 0 saturated heterocycles. The predicted octanol–water partition coefficient (Wildman–Crippen LogP) is 7.93. The number of aliphatic hydroxyl groups is 1. The third kappa shape index (κ3) is 8.90. The minimum Gasteiger partial charge on any atom is -0.413 e. The molecule has 35 heavy (non-hydrogen) atoms. The first kappa shape index (κ1) is 32.2. The maximum absolute atomic E-state index is 9.59. The Labute approximate surface area is 220 Å². The van der Waals surface area contributed by atoms with Gasteiger partial charge in [-0.1, -0.05) is 74.2 Å². The molecule has 1 N–H and O–H groups in total. The molecule has 1 rings (SSSR count). The van der Waals surface area contributed by atoms with Gasteiger partial charge < -0.3 is 14.0 Å². The summed E-state index contributed by atoms with van der Waals surface area (Å²) in [7, 11) is -3.96. The van der Waals surface area contributed by atoms with Crippen LogP contribution in [-0.2, 0) is 8.85 Å². The van der Waals surface area contributed by atoms with Crippen molar-refractivity contribution in [3.05, 3.63) is 11.1 Å². The fourth-order valence-electron chi connectivity index (χ4n) is 3.82. The first-order valence-corrected chi connectivity index (χ1v) is 19.2. The Morgan fingerprint density at radius 2 is 1.57 bits per heavy atom. The molecule has 0 radical (unpaired) electrons. The van der Waals surface area contributed by atoms with Crippen molar-refractivity contribution in [3.63, 3.8) is 0 Å². The van der Waals surface area contributed by atoms with E-state index in [2.05, 4.69) is 112 Å². The molecule has 0 aromatic rings. The molecule has 0 unspecified atom stereocenters. The van der Waals surface area contributed by atoms with Crippen LogP contribution in [0.25, 0.3) is 0 Å². The predicted molar refractivity (Wildman–Crippen MR) is 156 cm³/mol. The number of allylic oxidation sites excluding steroid dienone is 1. The van der Waals surface area contributed by atoms with E-state index in [1.165, 1.54) is 5.57 Å². The highest BCUT2D eigenvalue weighted by atomic mass is 28.4. The topological polar surface area (TPSA) is 38.7 Å². The summed E-state index contributed by atoms with van der Waals surface area (Å²) >= 11 is 0. The fourth-order valence-corrected chi connectivity index (χ4v) is 6.10. The van der Waals surface area contributed by atoms with E-state index < -0.39 is 16.6 Å². The lowest BCUT2D eigenvalue weighted by Gasteiger charge is -2.46. The summed E-state index contributed by atoms with van der Waals surface area (Å²) in [6.45, 7) is 30.0. The summed E-state index contributed by atoms with van der Waals surface area (Å²) in [5, 5.41) is 9.84. The van der Waals surface area contributed by atoms with Crippen LogP contribution in [0.4, 0.5) is 0 Å². The second-order valence-corrected chi connectivity index (χ2v) is 23.4. The summed E-state index contributed by atoms with van der Waals surface area (Å²) in [4.78, 5) is 0. The first-order valence-electron chi connectivity index (χ1n) is 13.4. The highest BCUT2D eigenvalue weighted by Gasteiger charge is 2.45. The van der Waals surface area contributed by atoms with E-state index >= 15 is 0 Å². The molecule has 0 fully saturated rings. The zero-order valence-corrected chi connectivity index (χ0v) is 27.2. The minimum atomic E-state index is -1.99. The zero-order valence-electron chi connectivity index (χ0n) is 25.2. The van der Waals surface area contributed by atoms with Gasteiger partial charge in [-0.25, -0.2) is 0 Å². The molecular weight excluding hydrogens is 464 g/mol. The van der Waals surface area contributed by atoms with Gasteiger partial charge in [-0.3, -0.25) is 0 Å². The minimum absolute atomic E-state index is 0.0125. The smallest absolute Gasteiger partial charge is 0.192 e. The maximum Gasteiger partial charge on any atom is 0.192 e. The highest BCUT2D eigenvalue weighted by Crippen LogP contribution is 2.48. The van der Waals surface area contributed by atoms with Gasteiger partial charge in [-0.05, 0) is 61.1 Å². The third-order valence-electron chi connectivity index (χ3n) is 8.39. The molecule has 1 aliphatic rings. The van der Waals surface area contributed by atoms with E-state index in [4.69, 9.17) is 8.85 Å². The molecule has 0 saturated carbocycles. The molecule has 0 aromatic carbocycles. The van der Waals surface area contributed by atoms with E-state index in [-0.39, 0.29) is 28.2 Å². The van der Waals surface area contributed by atoms with Gasteiger partial charge in [0, 0.05) is 23.3 Å². The molecule has 0 heterocycles. The molecule has 0 aliphatic heterocycles. The highest BCUT2D eigenvalue weighted by molar-refractivity contribution is 6.74. The Hall–Kier alpha value is -0.826. The standard InChI is InChI=1S/C30H54O3Si2/c1-24(2)17-14-15-20-30(9)21-19-27(33-35(12,13)29(6,7)8)25(26(30)18-16-22-31)23-32-34(10,11)28(3,4)5/h24,27,31H,15,19-23H2,1-13H3/t27-,30+/m0/s1. The molecule has 0 spiro atoms. The van der Waals surface area contributed by atoms with Crippen LogP contribution >= 0.6 is 0 Å². The van der Waals surface area contributed by atoms with Crippen LogP contribution in [0.15, 0.2) is 11.1 Å². The van der Waals surface area contributed by atoms with Crippen molar-refractivity contribution >= 4 is 16.6 Å². The second kappa shape index (κ2) is 12.1. The summed E-state index contributed by atoms with van der Waals surface area (Å²) in [5.41, 5.74) is 2.23. The largest absolute Gasteiger partial charge is 0.413 e. The Balaban J connectivity index is 3.56. The van der Waals surface area contributed by atoms with E-state index in [0.717, 1.165) is 31.3 Å². The zero-order chi connectivity index (χ0) is 27.3. The molecule has 200 valence electrons. The van der Waals surface area contributed by atoms with Crippen molar-refractivity contribution in [1.82, 2.24) is 0 Å². The van der Waals surface area contributed by atoms with Crippen molar-refractivity contribution in [3.8, 4) is 23.7 Å². The van der Waals surface area contributed by atoms with Gasteiger partial charge in [-0.15, -0.1) is 11.8 Å². The van der Waals surface area contributed by atoms with E-state index in [1.807, 2.05) is 0 Å². The molecule has 0 bridgehead atoms. The van der Waals surface area contributed by atoms with Crippen LogP contribution in [0.5, 0.6) is 0 Å². The van der Waals surface area contributed by atoms with Crippen molar-refractivity contribution in [2.24, 2.45) is 11.3 Å². The van der Waals surface area contributed by atoms with Gasteiger partial charge in [0.05, 0.1) is 12.7 Å². The van der Waals surface area contributed by atoms with Crippen LogP contribution in [0.3, 0.4) is 0 Å². The Morgan fingerprint density at radius 3 is 2.06 bits per heavy atom.